The topological polar surface area (TPSA) is 130 Å². The van der Waals surface area contributed by atoms with E-state index in [0.717, 1.165) is 6.07 Å². The number of esters is 2. The largest absolute Gasteiger partial charge is 0.465 e. The number of ketones is 1. The van der Waals surface area contributed by atoms with Crippen LogP contribution in [0.1, 0.15) is 29.8 Å². The Labute approximate surface area is 140 Å². The molecule has 0 aliphatic carbocycles. The average molecular weight is 357 g/mol. The SMILES string of the molecule is CCOC(=O)C(C(=O)OCC)C(=O)c1cc(S(N)(=O)=O)ccc1C. The molecule has 0 atom stereocenters. The normalized spacial score (nSPS) is 11.2. The van der Waals surface area contributed by atoms with E-state index >= 15 is 0 Å². The Morgan fingerprint density at radius 1 is 1.08 bits per heavy atom. The molecule has 0 saturated heterocycles. The molecule has 0 radical (unpaired) electrons. The van der Waals surface area contributed by atoms with E-state index in [2.05, 4.69) is 0 Å². The van der Waals surface area contributed by atoms with Gasteiger partial charge in [-0.2, -0.15) is 0 Å². The highest BCUT2D eigenvalue weighted by atomic mass is 32.2. The van der Waals surface area contributed by atoms with Gasteiger partial charge >= 0.3 is 11.9 Å². The molecule has 0 saturated carbocycles. The zero-order chi connectivity index (χ0) is 18.5. The first-order chi connectivity index (χ1) is 11.1. The summed E-state index contributed by atoms with van der Waals surface area (Å²) in [6.45, 7) is 4.53. The van der Waals surface area contributed by atoms with Crippen LogP contribution in [0.15, 0.2) is 23.1 Å². The molecular weight excluding hydrogens is 338 g/mol. The molecule has 0 fully saturated rings. The number of carbonyl (C=O) groups is 3. The first-order valence-electron chi connectivity index (χ1n) is 7.14. The second-order valence-electron chi connectivity index (χ2n) is 4.82. The summed E-state index contributed by atoms with van der Waals surface area (Å²) in [4.78, 5) is 36.3. The van der Waals surface area contributed by atoms with Crippen molar-refractivity contribution in [2.45, 2.75) is 25.7 Å². The van der Waals surface area contributed by atoms with Gasteiger partial charge in [0.15, 0.2) is 5.78 Å². The van der Waals surface area contributed by atoms with Crippen molar-refractivity contribution >= 4 is 27.7 Å². The van der Waals surface area contributed by atoms with Gasteiger partial charge in [-0.3, -0.25) is 14.4 Å². The molecule has 1 aromatic carbocycles. The predicted octanol–water partition coefficient (Wildman–Crippen LogP) is 0.568. The summed E-state index contributed by atoms with van der Waals surface area (Å²) in [6, 6.07) is 3.62. The monoisotopic (exact) mass is 357 g/mol. The quantitative estimate of drug-likeness (QED) is 0.429. The molecule has 132 valence electrons. The Balaban J connectivity index is 3.37. The maximum Gasteiger partial charge on any atom is 0.328 e. The van der Waals surface area contributed by atoms with E-state index in [9.17, 15) is 22.8 Å². The van der Waals surface area contributed by atoms with Gasteiger partial charge in [0.05, 0.1) is 18.1 Å². The van der Waals surface area contributed by atoms with Crippen LogP contribution in [0.4, 0.5) is 0 Å². The summed E-state index contributed by atoms with van der Waals surface area (Å²) in [7, 11) is -4.05. The van der Waals surface area contributed by atoms with Crippen LogP contribution in [0.2, 0.25) is 0 Å². The van der Waals surface area contributed by atoms with E-state index in [4.69, 9.17) is 14.6 Å². The number of sulfonamides is 1. The standard InChI is InChI=1S/C15H19NO7S/c1-4-22-14(18)12(15(19)23-5-2)13(17)11-8-10(24(16,20)21)7-6-9(11)3/h6-8,12H,4-5H2,1-3H3,(H2,16,20,21). The lowest BCUT2D eigenvalue weighted by molar-refractivity contribution is -0.158. The Morgan fingerprint density at radius 2 is 1.58 bits per heavy atom. The summed E-state index contributed by atoms with van der Waals surface area (Å²) in [5.74, 6) is -4.84. The number of hydrogen-bond acceptors (Lipinski definition) is 7. The molecule has 0 aliphatic heterocycles. The van der Waals surface area contributed by atoms with Crippen molar-refractivity contribution in [1.82, 2.24) is 0 Å². The first kappa shape index (κ1) is 19.8. The summed E-state index contributed by atoms with van der Waals surface area (Å²) >= 11 is 0. The van der Waals surface area contributed by atoms with Crippen LogP contribution < -0.4 is 5.14 Å². The minimum Gasteiger partial charge on any atom is -0.465 e. The van der Waals surface area contributed by atoms with Crippen LogP contribution in [0, 0.1) is 12.8 Å². The Bertz CT molecular complexity index is 737. The minimum absolute atomic E-state index is 0.0295. The minimum atomic E-state index is -4.05. The van der Waals surface area contributed by atoms with E-state index in [0.29, 0.717) is 5.56 Å². The third kappa shape index (κ3) is 4.62. The average Bonchev–Trinajstić information content (AvgIpc) is 2.47. The molecule has 2 N–H and O–H groups in total. The lowest BCUT2D eigenvalue weighted by Gasteiger charge is -2.15. The molecular formula is C15H19NO7S. The van der Waals surface area contributed by atoms with Crippen molar-refractivity contribution in [2.75, 3.05) is 13.2 Å². The van der Waals surface area contributed by atoms with Crippen LogP contribution in [0.25, 0.3) is 0 Å². The Morgan fingerprint density at radius 3 is 2.00 bits per heavy atom. The molecule has 0 heterocycles. The number of aryl methyl sites for hydroxylation is 1. The fourth-order valence-electron chi connectivity index (χ4n) is 1.96. The zero-order valence-corrected chi connectivity index (χ0v) is 14.4. The molecule has 9 heteroatoms. The zero-order valence-electron chi connectivity index (χ0n) is 13.6. The van der Waals surface area contributed by atoms with Crippen molar-refractivity contribution in [2.24, 2.45) is 11.1 Å². The van der Waals surface area contributed by atoms with Gasteiger partial charge in [0, 0.05) is 5.56 Å². The molecule has 0 spiro atoms. The third-order valence-corrected chi connectivity index (χ3v) is 4.02. The summed E-state index contributed by atoms with van der Waals surface area (Å²) in [5.41, 5.74) is 0.263. The van der Waals surface area contributed by atoms with Crippen LogP contribution in [0.3, 0.4) is 0 Å². The van der Waals surface area contributed by atoms with E-state index in [1.54, 1.807) is 0 Å². The number of ether oxygens (including phenoxy) is 2. The molecule has 1 rings (SSSR count). The molecule has 0 amide bonds. The molecule has 0 aromatic heterocycles. The molecule has 24 heavy (non-hydrogen) atoms. The van der Waals surface area contributed by atoms with Crippen molar-refractivity contribution in [3.63, 3.8) is 0 Å². The van der Waals surface area contributed by atoms with E-state index < -0.39 is 33.7 Å². The van der Waals surface area contributed by atoms with Gasteiger partial charge in [0.1, 0.15) is 0 Å². The predicted molar refractivity (Wildman–Crippen MR) is 83.6 cm³/mol. The van der Waals surface area contributed by atoms with Crippen LogP contribution in [0.5, 0.6) is 0 Å². The number of nitrogens with two attached hydrogens (primary N) is 1. The molecule has 0 bridgehead atoms. The lowest BCUT2D eigenvalue weighted by Crippen LogP contribution is -2.35. The van der Waals surface area contributed by atoms with Gasteiger partial charge in [0.25, 0.3) is 0 Å². The van der Waals surface area contributed by atoms with Gasteiger partial charge in [-0.25, -0.2) is 13.6 Å². The number of benzene rings is 1. The van der Waals surface area contributed by atoms with Crippen molar-refractivity contribution < 1.29 is 32.3 Å². The van der Waals surface area contributed by atoms with Gasteiger partial charge in [-0.05, 0) is 38.5 Å². The van der Waals surface area contributed by atoms with Crippen molar-refractivity contribution in [3.8, 4) is 0 Å². The number of primary sulfonamides is 1. The number of hydrogen-bond donors (Lipinski definition) is 1. The number of Topliss-reactive ketones (excluding diaryl/α,β-unsaturated/α-hetero) is 1. The summed E-state index contributed by atoms with van der Waals surface area (Å²) < 4.78 is 32.4. The highest BCUT2D eigenvalue weighted by molar-refractivity contribution is 7.89. The van der Waals surface area contributed by atoms with Crippen LogP contribution in [-0.2, 0) is 29.1 Å². The number of carbonyl (C=O) groups excluding carboxylic acids is 3. The molecule has 0 aliphatic rings. The van der Waals surface area contributed by atoms with Crippen LogP contribution in [-0.4, -0.2) is 39.4 Å². The maximum absolute atomic E-state index is 12.6. The highest BCUT2D eigenvalue weighted by Gasteiger charge is 2.38. The second kappa shape index (κ2) is 8.02. The third-order valence-electron chi connectivity index (χ3n) is 3.11. The van der Waals surface area contributed by atoms with E-state index in [-0.39, 0.29) is 23.7 Å². The fourth-order valence-corrected chi connectivity index (χ4v) is 2.50. The van der Waals surface area contributed by atoms with E-state index in [1.165, 1.54) is 32.9 Å². The maximum atomic E-state index is 12.6. The van der Waals surface area contributed by atoms with Crippen molar-refractivity contribution in [1.29, 1.82) is 0 Å². The first-order valence-corrected chi connectivity index (χ1v) is 8.69. The van der Waals surface area contributed by atoms with Gasteiger partial charge in [-0.1, -0.05) is 6.07 Å². The Kier molecular flexibility index (Phi) is 6.61. The smallest absolute Gasteiger partial charge is 0.328 e. The lowest BCUT2D eigenvalue weighted by atomic mass is 9.94. The summed E-state index contributed by atoms with van der Waals surface area (Å²) in [6.07, 6.45) is 0. The van der Waals surface area contributed by atoms with Crippen LogP contribution >= 0.6 is 0 Å². The van der Waals surface area contributed by atoms with E-state index in [1.807, 2.05) is 0 Å². The highest BCUT2D eigenvalue weighted by Crippen LogP contribution is 2.20. The van der Waals surface area contributed by atoms with Gasteiger partial charge < -0.3 is 9.47 Å². The number of rotatable bonds is 7. The van der Waals surface area contributed by atoms with Gasteiger partial charge in [0.2, 0.25) is 15.9 Å². The Hall–Kier alpha value is -2.26. The van der Waals surface area contributed by atoms with Gasteiger partial charge in [-0.15, -0.1) is 0 Å². The molecule has 1 aromatic rings. The van der Waals surface area contributed by atoms with Crippen molar-refractivity contribution in [3.05, 3.63) is 29.3 Å². The summed E-state index contributed by atoms with van der Waals surface area (Å²) in [5, 5.41) is 5.04. The molecule has 0 unspecified atom stereocenters. The second-order valence-corrected chi connectivity index (χ2v) is 6.38. The fraction of sp³-hybridized carbons (Fsp3) is 0.400. The molecule has 8 nitrogen and oxygen atoms in total.